The monoisotopic (exact) mass is 304 g/mol. The molecule has 0 fully saturated rings. The van der Waals surface area contributed by atoms with Gasteiger partial charge >= 0.3 is 0 Å². The summed E-state index contributed by atoms with van der Waals surface area (Å²) >= 11 is 9.54. The maximum absolute atomic E-state index is 6.10. The van der Waals surface area contributed by atoms with Crippen molar-refractivity contribution >= 4 is 27.5 Å². The van der Waals surface area contributed by atoms with E-state index in [1.54, 1.807) is 0 Å². The SMILES string of the molecule is CCC(CC)COc1cccc(Cl)c1CBr. The lowest BCUT2D eigenvalue weighted by atomic mass is 10.1. The Hall–Kier alpha value is -0.210. The van der Waals surface area contributed by atoms with Crippen LogP contribution in [-0.2, 0) is 5.33 Å². The van der Waals surface area contributed by atoms with E-state index in [4.69, 9.17) is 16.3 Å². The van der Waals surface area contributed by atoms with Crippen LogP contribution in [0, 0.1) is 5.92 Å². The van der Waals surface area contributed by atoms with E-state index in [-0.39, 0.29) is 0 Å². The Morgan fingerprint density at radius 2 is 2.00 bits per heavy atom. The Kier molecular flexibility index (Phi) is 6.22. The second-order valence-corrected chi connectivity index (χ2v) is 4.81. The predicted octanol–water partition coefficient (Wildman–Crippen LogP) is 5.05. The number of halogens is 2. The molecule has 0 saturated carbocycles. The average molecular weight is 306 g/mol. The van der Waals surface area contributed by atoms with E-state index < -0.39 is 0 Å². The van der Waals surface area contributed by atoms with E-state index in [1.165, 1.54) is 0 Å². The van der Waals surface area contributed by atoms with Crippen molar-refractivity contribution in [2.45, 2.75) is 32.0 Å². The molecule has 0 unspecified atom stereocenters. The van der Waals surface area contributed by atoms with Gasteiger partial charge in [0.2, 0.25) is 0 Å². The number of ether oxygens (including phenoxy) is 1. The van der Waals surface area contributed by atoms with E-state index in [0.717, 1.165) is 41.1 Å². The van der Waals surface area contributed by atoms with Crippen LogP contribution in [0.1, 0.15) is 32.3 Å². The van der Waals surface area contributed by atoms with Crippen molar-refractivity contribution in [3.05, 3.63) is 28.8 Å². The lowest BCUT2D eigenvalue weighted by molar-refractivity contribution is 0.239. The van der Waals surface area contributed by atoms with Crippen LogP contribution in [0.2, 0.25) is 5.02 Å². The van der Waals surface area contributed by atoms with Crippen molar-refractivity contribution < 1.29 is 4.74 Å². The molecule has 1 aromatic carbocycles. The van der Waals surface area contributed by atoms with Crippen LogP contribution in [0.15, 0.2) is 18.2 Å². The number of hydrogen-bond acceptors (Lipinski definition) is 1. The van der Waals surface area contributed by atoms with Gasteiger partial charge in [-0.3, -0.25) is 0 Å². The molecule has 0 saturated heterocycles. The van der Waals surface area contributed by atoms with E-state index in [1.807, 2.05) is 18.2 Å². The standard InChI is InChI=1S/C13H18BrClO/c1-3-10(4-2)9-16-13-7-5-6-12(15)11(13)8-14/h5-7,10H,3-4,8-9H2,1-2H3. The molecule has 1 aromatic rings. The summed E-state index contributed by atoms with van der Waals surface area (Å²) in [5.41, 5.74) is 1.04. The first-order valence-electron chi connectivity index (χ1n) is 5.69. The van der Waals surface area contributed by atoms with Crippen molar-refractivity contribution in [3.63, 3.8) is 0 Å². The Labute approximate surface area is 111 Å². The van der Waals surface area contributed by atoms with Crippen molar-refractivity contribution in [1.29, 1.82) is 0 Å². The van der Waals surface area contributed by atoms with Crippen LogP contribution in [0.5, 0.6) is 5.75 Å². The van der Waals surface area contributed by atoms with Crippen LogP contribution in [0.25, 0.3) is 0 Å². The molecular formula is C13H18BrClO. The topological polar surface area (TPSA) is 9.23 Å². The van der Waals surface area contributed by atoms with Crippen LogP contribution in [0.3, 0.4) is 0 Å². The first-order valence-corrected chi connectivity index (χ1v) is 7.19. The van der Waals surface area contributed by atoms with Gasteiger partial charge in [0, 0.05) is 15.9 Å². The third-order valence-electron chi connectivity index (χ3n) is 2.84. The van der Waals surface area contributed by atoms with Crippen LogP contribution in [-0.4, -0.2) is 6.61 Å². The molecule has 0 N–H and O–H groups in total. The van der Waals surface area contributed by atoms with Gasteiger partial charge < -0.3 is 4.74 Å². The van der Waals surface area contributed by atoms with Gasteiger partial charge in [0.05, 0.1) is 6.61 Å². The zero-order valence-electron chi connectivity index (χ0n) is 9.80. The quantitative estimate of drug-likeness (QED) is 0.668. The molecular weight excluding hydrogens is 287 g/mol. The first-order chi connectivity index (χ1) is 7.72. The zero-order valence-corrected chi connectivity index (χ0v) is 12.1. The van der Waals surface area contributed by atoms with Crippen LogP contribution >= 0.6 is 27.5 Å². The summed E-state index contributed by atoms with van der Waals surface area (Å²) in [5.74, 6) is 1.53. The van der Waals surface area contributed by atoms with Gasteiger partial charge in [0.15, 0.2) is 0 Å². The minimum absolute atomic E-state index is 0.627. The van der Waals surface area contributed by atoms with Gasteiger partial charge in [-0.25, -0.2) is 0 Å². The third kappa shape index (κ3) is 3.67. The molecule has 0 aromatic heterocycles. The van der Waals surface area contributed by atoms with E-state index in [0.29, 0.717) is 5.92 Å². The van der Waals surface area contributed by atoms with Crippen molar-refractivity contribution in [2.75, 3.05) is 6.61 Å². The van der Waals surface area contributed by atoms with E-state index in [2.05, 4.69) is 29.8 Å². The fourth-order valence-electron chi connectivity index (χ4n) is 1.54. The maximum atomic E-state index is 6.10. The average Bonchev–Trinajstić information content (AvgIpc) is 2.30. The number of rotatable bonds is 6. The van der Waals surface area contributed by atoms with Crippen LogP contribution < -0.4 is 4.74 Å². The molecule has 0 atom stereocenters. The summed E-state index contributed by atoms with van der Waals surface area (Å²) in [6.07, 6.45) is 2.31. The molecule has 0 radical (unpaired) electrons. The van der Waals surface area contributed by atoms with Crippen molar-refractivity contribution in [2.24, 2.45) is 5.92 Å². The molecule has 0 amide bonds. The van der Waals surface area contributed by atoms with Gasteiger partial charge in [-0.1, -0.05) is 60.3 Å². The molecule has 90 valence electrons. The molecule has 0 spiro atoms. The molecule has 0 aliphatic rings. The fourth-order valence-corrected chi connectivity index (χ4v) is 2.51. The second-order valence-electron chi connectivity index (χ2n) is 3.84. The van der Waals surface area contributed by atoms with Crippen molar-refractivity contribution in [1.82, 2.24) is 0 Å². The molecule has 3 heteroatoms. The maximum Gasteiger partial charge on any atom is 0.124 e. The Balaban J connectivity index is 2.69. The number of benzene rings is 1. The third-order valence-corrected chi connectivity index (χ3v) is 3.75. The minimum atomic E-state index is 0.627. The Bertz CT molecular complexity index is 324. The van der Waals surface area contributed by atoms with E-state index in [9.17, 15) is 0 Å². The summed E-state index contributed by atoms with van der Waals surface area (Å²) in [6.45, 7) is 5.16. The smallest absolute Gasteiger partial charge is 0.124 e. The largest absolute Gasteiger partial charge is 0.493 e. The molecule has 0 bridgehead atoms. The zero-order chi connectivity index (χ0) is 12.0. The normalized spacial score (nSPS) is 10.8. The highest BCUT2D eigenvalue weighted by atomic mass is 79.9. The van der Waals surface area contributed by atoms with Gasteiger partial charge in [-0.2, -0.15) is 0 Å². The molecule has 1 nitrogen and oxygen atoms in total. The molecule has 1 rings (SSSR count). The summed E-state index contributed by atoms with van der Waals surface area (Å²) in [6, 6.07) is 5.80. The lowest BCUT2D eigenvalue weighted by Crippen LogP contribution is -2.10. The van der Waals surface area contributed by atoms with Gasteiger partial charge in [-0.05, 0) is 18.1 Å². The summed E-state index contributed by atoms with van der Waals surface area (Å²) in [5, 5.41) is 1.49. The minimum Gasteiger partial charge on any atom is -0.493 e. The Morgan fingerprint density at radius 1 is 1.31 bits per heavy atom. The predicted molar refractivity (Wildman–Crippen MR) is 73.7 cm³/mol. The summed E-state index contributed by atoms with van der Waals surface area (Å²) in [4.78, 5) is 0. The highest BCUT2D eigenvalue weighted by molar-refractivity contribution is 9.08. The van der Waals surface area contributed by atoms with Crippen molar-refractivity contribution in [3.8, 4) is 5.75 Å². The lowest BCUT2D eigenvalue weighted by Gasteiger charge is -2.16. The van der Waals surface area contributed by atoms with Gasteiger partial charge in [0.1, 0.15) is 5.75 Å². The Morgan fingerprint density at radius 3 is 2.56 bits per heavy atom. The fraction of sp³-hybridized carbons (Fsp3) is 0.538. The number of hydrogen-bond donors (Lipinski definition) is 0. The molecule has 0 aliphatic carbocycles. The molecule has 0 heterocycles. The van der Waals surface area contributed by atoms with Gasteiger partial charge in [-0.15, -0.1) is 0 Å². The highest BCUT2D eigenvalue weighted by Crippen LogP contribution is 2.29. The second kappa shape index (κ2) is 7.18. The number of alkyl halides is 1. The summed E-state index contributed by atoms with van der Waals surface area (Å²) in [7, 11) is 0. The summed E-state index contributed by atoms with van der Waals surface area (Å²) < 4.78 is 5.84. The van der Waals surface area contributed by atoms with Gasteiger partial charge in [0.25, 0.3) is 0 Å². The van der Waals surface area contributed by atoms with Crippen LogP contribution in [0.4, 0.5) is 0 Å². The van der Waals surface area contributed by atoms with E-state index >= 15 is 0 Å². The highest BCUT2D eigenvalue weighted by Gasteiger charge is 2.09. The molecule has 16 heavy (non-hydrogen) atoms. The first kappa shape index (κ1) is 13.9. The molecule has 0 aliphatic heterocycles.